The molecule has 1 heterocycles. The molecule has 4 nitrogen and oxygen atoms in total. The van der Waals surface area contributed by atoms with Crippen molar-refractivity contribution in [2.75, 3.05) is 5.32 Å². The number of nitrogens with one attached hydrogen (secondary N) is 1. The lowest BCUT2D eigenvalue weighted by Crippen LogP contribution is -2.12. The molecule has 0 bridgehead atoms. The van der Waals surface area contributed by atoms with E-state index < -0.39 is 0 Å². The largest absolute Gasteiger partial charge is 0.321 e. The van der Waals surface area contributed by atoms with Crippen LogP contribution < -0.4 is 10.2 Å². The molecule has 0 fully saturated rings. The number of aryl methyl sites for hydroxylation is 1. The van der Waals surface area contributed by atoms with E-state index in [0.717, 1.165) is 22.6 Å². The van der Waals surface area contributed by atoms with Crippen molar-refractivity contribution >= 4 is 22.9 Å². The van der Waals surface area contributed by atoms with Crippen molar-refractivity contribution < 1.29 is 4.79 Å². The number of rotatable bonds is 2. The van der Waals surface area contributed by atoms with Gasteiger partial charge in [0.2, 0.25) is 0 Å². The highest BCUT2D eigenvalue weighted by Gasteiger charge is 2.15. The van der Waals surface area contributed by atoms with Gasteiger partial charge in [0.25, 0.3) is 5.91 Å². The molecule has 0 aliphatic heterocycles. The molecule has 18 heavy (non-hydrogen) atoms. The van der Waals surface area contributed by atoms with Crippen LogP contribution in [0.15, 0.2) is 29.1 Å². The van der Waals surface area contributed by atoms with Crippen LogP contribution in [-0.2, 0) is 7.05 Å². The molecule has 1 amide bonds. The minimum atomic E-state index is -0.235. The number of anilines is 1. The molecule has 1 aromatic heterocycles. The zero-order chi connectivity index (χ0) is 13.3. The third kappa shape index (κ3) is 2.36. The quantitative estimate of drug-likeness (QED) is 0.903. The van der Waals surface area contributed by atoms with E-state index in [9.17, 15) is 9.59 Å². The number of hydrogen-bond donors (Lipinski definition) is 1. The second-order valence-corrected chi connectivity index (χ2v) is 5.13. The highest BCUT2D eigenvalue weighted by molar-refractivity contribution is 7.11. The second-order valence-electron chi connectivity index (χ2n) is 4.17. The summed E-state index contributed by atoms with van der Waals surface area (Å²) < 4.78 is 1.48. The summed E-state index contributed by atoms with van der Waals surface area (Å²) in [5, 5.41) is 2.80. The van der Waals surface area contributed by atoms with Crippen LogP contribution in [0.25, 0.3) is 0 Å². The third-order valence-electron chi connectivity index (χ3n) is 2.78. The summed E-state index contributed by atoms with van der Waals surface area (Å²) in [5.41, 5.74) is 2.50. The van der Waals surface area contributed by atoms with E-state index in [2.05, 4.69) is 5.32 Å². The van der Waals surface area contributed by atoms with Gasteiger partial charge in [0.15, 0.2) is 0 Å². The Hall–Kier alpha value is -1.88. The number of hydrogen-bond acceptors (Lipinski definition) is 3. The Morgan fingerprint density at radius 1 is 1.33 bits per heavy atom. The molecule has 0 atom stereocenters. The van der Waals surface area contributed by atoms with E-state index in [0.29, 0.717) is 10.6 Å². The number of benzene rings is 1. The topological polar surface area (TPSA) is 51.1 Å². The average Bonchev–Trinajstić information content (AvgIpc) is 2.57. The standard InChI is InChI=1S/C13H14N2O2S/c1-8-5-4-6-10(7-8)14-12(16)11-9(2)15(3)13(17)18-11/h4-7H,1-3H3,(H,14,16). The van der Waals surface area contributed by atoms with Gasteiger partial charge >= 0.3 is 4.87 Å². The predicted molar refractivity (Wildman–Crippen MR) is 73.4 cm³/mol. The Labute approximate surface area is 109 Å². The summed E-state index contributed by atoms with van der Waals surface area (Å²) in [6.07, 6.45) is 0. The minimum absolute atomic E-state index is 0.123. The number of amides is 1. The Bertz CT molecular complexity index is 655. The Balaban J connectivity index is 2.27. The van der Waals surface area contributed by atoms with Gasteiger partial charge in [-0.1, -0.05) is 23.5 Å². The van der Waals surface area contributed by atoms with Crippen LogP contribution in [-0.4, -0.2) is 10.5 Å². The molecule has 0 saturated carbocycles. The van der Waals surface area contributed by atoms with Gasteiger partial charge in [0.05, 0.1) is 0 Å². The van der Waals surface area contributed by atoms with Gasteiger partial charge in [-0.05, 0) is 31.5 Å². The van der Waals surface area contributed by atoms with E-state index in [1.165, 1.54) is 4.57 Å². The van der Waals surface area contributed by atoms with E-state index in [1.54, 1.807) is 14.0 Å². The molecule has 1 N–H and O–H groups in total. The average molecular weight is 262 g/mol. The number of thiazole rings is 1. The van der Waals surface area contributed by atoms with Gasteiger partial charge in [-0.25, -0.2) is 0 Å². The lowest BCUT2D eigenvalue weighted by atomic mass is 10.2. The highest BCUT2D eigenvalue weighted by atomic mass is 32.1. The molecule has 5 heteroatoms. The SMILES string of the molecule is Cc1cccc(NC(=O)c2sc(=O)n(C)c2C)c1. The van der Waals surface area contributed by atoms with Crippen LogP contribution in [0.1, 0.15) is 20.9 Å². The fraction of sp³-hybridized carbons (Fsp3) is 0.231. The molecule has 0 unspecified atom stereocenters. The number of aromatic nitrogens is 1. The first-order valence-corrected chi connectivity index (χ1v) is 6.35. The van der Waals surface area contributed by atoms with Gasteiger partial charge in [-0.3, -0.25) is 9.59 Å². The maximum Gasteiger partial charge on any atom is 0.307 e. The summed E-state index contributed by atoms with van der Waals surface area (Å²) in [5.74, 6) is -0.235. The van der Waals surface area contributed by atoms with Crippen LogP contribution in [0, 0.1) is 13.8 Å². The normalized spacial score (nSPS) is 10.4. The Kier molecular flexibility index (Phi) is 3.34. The molecule has 0 spiro atoms. The lowest BCUT2D eigenvalue weighted by Gasteiger charge is -2.05. The zero-order valence-electron chi connectivity index (χ0n) is 10.5. The van der Waals surface area contributed by atoms with Crippen molar-refractivity contribution in [1.29, 1.82) is 0 Å². The summed E-state index contributed by atoms with van der Waals surface area (Å²) in [6, 6.07) is 7.55. The molecular weight excluding hydrogens is 248 g/mol. The second kappa shape index (κ2) is 4.78. The highest BCUT2D eigenvalue weighted by Crippen LogP contribution is 2.15. The molecule has 2 rings (SSSR count). The van der Waals surface area contributed by atoms with E-state index in [4.69, 9.17) is 0 Å². The van der Waals surface area contributed by atoms with Crippen LogP contribution in [0.2, 0.25) is 0 Å². The molecule has 0 radical (unpaired) electrons. The summed E-state index contributed by atoms with van der Waals surface area (Å²) >= 11 is 0.968. The molecule has 0 saturated heterocycles. The van der Waals surface area contributed by atoms with Crippen molar-refractivity contribution in [3.63, 3.8) is 0 Å². The van der Waals surface area contributed by atoms with Crippen LogP contribution in [0.4, 0.5) is 5.69 Å². The number of nitrogens with zero attached hydrogens (tertiary/aromatic N) is 1. The van der Waals surface area contributed by atoms with Gasteiger partial charge in [0.1, 0.15) is 4.88 Å². The first-order chi connectivity index (χ1) is 8.49. The maximum absolute atomic E-state index is 12.1. The smallest absolute Gasteiger partial charge is 0.307 e. The van der Waals surface area contributed by atoms with Crippen molar-refractivity contribution in [3.8, 4) is 0 Å². The Morgan fingerprint density at radius 2 is 2.06 bits per heavy atom. The molecule has 0 aliphatic carbocycles. The number of carbonyl (C=O) groups is 1. The maximum atomic E-state index is 12.1. The third-order valence-corrected chi connectivity index (χ3v) is 3.91. The van der Waals surface area contributed by atoms with Crippen LogP contribution in [0.5, 0.6) is 0 Å². The summed E-state index contributed by atoms with van der Waals surface area (Å²) in [7, 11) is 1.66. The summed E-state index contributed by atoms with van der Waals surface area (Å²) in [6.45, 7) is 3.73. The summed E-state index contributed by atoms with van der Waals surface area (Å²) in [4.78, 5) is 23.9. The van der Waals surface area contributed by atoms with E-state index in [1.807, 2.05) is 31.2 Å². The fourth-order valence-corrected chi connectivity index (χ4v) is 2.52. The lowest BCUT2D eigenvalue weighted by molar-refractivity contribution is 0.102. The van der Waals surface area contributed by atoms with E-state index >= 15 is 0 Å². The minimum Gasteiger partial charge on any atom is -0.321 e. The molecule has 1 aromatic carbocycles. The van der Waals surface area contributed by atoms with Crippen molar-refractivity contribution in [3.05, 3.63) is 50.1 Å². The van der Waals surface area contributed by atoms with Crippen LogP contribution >= 0.6 is 11.3 Å². The van der Waals surface area contributed by atoms with Crippen molar-refractivity contribution in [2.45, 2.75) is 13.8 Å². The molecular formula is C13H14N2O2S. The van der Waals surface area contributed by atoms with Gasteiger partial charge in [-0.2, -0.15) is 0 Å². The molecule has 94 valence electrons. The Morgan fingerprint density at radius 3 is 2.61 bits per heavy atom. The first-order valence-electron chi connectivity index (χ1n) is 5.53. The van der Waals surface area contributed by atoms with Crippen LogP contribution in [0.3, 0.4) is 0 Å². The predicted octanol–water partition coefficient (Wildman–Crippen LogP) is 2.32. The first kappa shape index (κ1) is 12.6. The van der Waals surface area contributed by atoms with Gasteiger partial charge in [0, 0.05) is 18.4 Å². The molecule has 2 aromatic rings. The van der Waals surface area contributed by atoms with Crippen molar-refractivity contribution in [1.82, 2.24) is 4.57 Å². The van der Waals surface area contributed by atoms with Gasteiger partial charge < -0.3 is 9.88 Å². The monoisotopic (exact) mass is 262 g/mol. The zero-order valence-corrected chi connectivity index (χ0v) is 11.3. The van der Waals surface area contributed by atoms with E-state index in [-0.39, 0.29) is 10.8 Å². The van der Waals surface area contributed by atoms with Crippen molar-refractivity contribution in [2.24, 2.45) is 7.05 Å². The molecule has 0 aliphatic rings. The van der Waals surface area contributed by atoms with Gasteiger partial charge in [-0.15, -0.1) is 0 Å². The number of carbonyl (C=O) groups excluding carboxylic acids is 1. The fourth-order valence-electron chi connectivity index (χ4n) is 1.64.